The molecule has 0 saturated heterocycles. The predicted octanol–water partition coefficient (Wildman–Crippen LogP) is 2.13. The Morgan fingerprint density at radius 1 is 1.23 bits per heavy atom. The minimum absolute atomic E-state index is 0.0380. The molecule has 0 saturated carbocycles. The summed E-state index contributed by atoms with van der Waals surface area (Å²) in [6, 6.07) is 8.41. The van der Waals surface area contributed by atoms with E-state index in [4.69, 9.17) is 4.63 Å². The average molecular weight is 294 g/mol. The number of fused-ring (bicyclic) bond motifs is 4. The van der Waals surface area contributed by atoms with Crippen molar-refractivity contribution in [3.8, 4) is 11.3 Å². The Morgan fingerprint density at radius 3 is 3.09 bits per heavy atom. The number of imidazole rings is 1. The van der Waals surface area contributed by atoms with Crippen LogP contribution in [0.2, 0.25) is 0 Å². The lowest BCUT2D eigenvalue weighted by molar-refractivity contribution is 0.0662. The van der Waals surface area contributed by atoms with Crippen LogP contribution < -0.4 is 0 Å². The summed E-state index contributed by atoms with van der Waals surface area (Å²) in [5.41, 5.74) is 4.91. The highest BCUT2D eigenvalue weighted by Gasteiger charge is 2.42. The van der Waals surface area contributed by atoms with E-state index in [1.165, 1.54) is 11.1 Å². The third kappa shape index (κ3) is 1.45. The normalized spacial score (nSPS) is 25.6. The average Bonchev–Trinajstić information content (AvgIpc) is 3.23. The van der Waals surface area contributed by atoms with Gasteiger partial charge in [-0.3, -0.25) is 0 Å². The second kappa shape index (κ2) is 4.27. The summed E-state index contributed by atoms with van der Waals surface area (Å²) < 4.78 is 6.96. The van der Waals surface area contributed by atoms with Crippen molar-refractivity contribution in [2.45, 2.75) is 25.0 Å². The molecule has 3 heterocycles. The number of aliphatic hydroxyl groups is 1. The minimum atomic E-state index is -0.665. The smallest absolute Gasteiger partial charge is 0.137 e. The summed E-state index contributed by atoms with van der Waals surface area (Å²) in [4.78, 5) is 4.28. The van der Waals surface area contributed by atoms with Gasteiger partial charge in [-0.15, -0.1) is 0 Å². The molecule has 2 aliphatic rings. The Bertz CT molecular complexity index is 853. The van der Waals surface area contributed by atoms with Crippen molar-refractivity contribution in [1.82, 2.24) is 19.9 Å². The van der Waals surface area contributed by atoms with E-state index in [1.807, 2.05) is 24.7 Å². The van der Waals surface area contributed by atoms with Crippen LogP contribution in [0.5, 0.6) is 0 Å². The van der Waals surface area contributed by atoms with Gasteiger partial charge in [0.05, 0.1) is 24.3 Å². The van der Waals surface area contributed by atoms with Crippen molar-refractivity contribution in [2.75, 3.05) is 0 Å². The number of nitrogens with zero attached hydrogens (tertiary/aromatic N) is 4. The number of hydrogen-bond acceptors (Lipinski definition) is 5. The zero-order valence-corrected chi connectivity index (χ0v) is 11.8. The van der Waals surface area contributed by atoms with Crippen LogP contribution in [0.3, 0.4) is 0 Å². The number of aromatic nitrogens is 4. The van der Waals surface area contributed by atoms with Crippen molar-refractivity contribution in [1.29, 1.82) is 0 Å². The fourth-order valence-electron chi connectivity index (χ4n) is 3.92. The maximum absolute atomic E-state index is 10.8. The van der Waals surface area contributed by atoms with Crippen molar-refractivity contribution >= 4 is 0 Å². The first-order valence-corrected chi connectivity index (χ1v) is 7.45. The van der Waals surface area contributed by atoms with Gasteiger partial charge in [0.2, 0.25) is 0 Å². The summed E-state index contributed by atoms with van der Waals surface area (Å²) in [6.45, 7) is 0. The Hall–Kier alpha value is -2.47. The lowest BCUT2D eigenvalue weighted by Gasteiger charge is -2.32. The Labute approximate surface area is 126 Å². The quantitative estimate of drug-likeness (QED) is 0.744. The first-order chi connectivity index (χ1) is 10.8. The van der Waals surface area contributed by atoms with Gasteiger partial charge in [-0.2, -0.15) is 0 Å². The van der Waals surface area contributed by atoms with Crippen LogP contribution >= 0.6 is 0 Å². The highest BCUT2D eigenvalue weighted by molar-refractivity contribution is 5.69. The van der Waals surface area contributed by atoms with Gasteiger partial charge in [0.1, 0.15) is 17.5 Å². The molecule has 1 aliphatic heterocycles. The van der Waals surface area contributed by atoms with E-state index in [-0.39, 0.29) is 12.0 Å². The van der Waals surface area contributed by atoms with Crippen LogP contribution in [0, 0.1) is 5.92 Å². The molecule has 0 fully saturated rings. The highest BCUT2D eigenvalue weighted by atomic mass is 16.6. The topological polar surface area (TPSA) is 77.0 Å². The predicted molar refractivity (Wildman–Crippen MR) is 76.9 cm³/mol. The molecule has 5 rings (SSSR count). The van der Waals surface area contributed by atoms with Crippen LogP contribution in [-0.2, 0) is 6.42 Å². The van der Waals surface area contributed by atoms with Crippen molar-refractivity contribution in [3.05, 3.63) is 53.7 Å². The zero-order chi connectivity index (χ0) is 14.7. The molecule has 0 spiro atoms. The van der Waals surface area contributed by atoms with Gasteiger partial charge in [0.15, 0.2) is 0 Å². The molecular formula is C16H14N4O2. The molecule has 1 unspecified atom stereocenters. The molecule has 3 aromatic rings. The third-order valence-corrected chi connectivity index (χ3v) is 4.91. The number of aliphatic hydroxyl groups excluding tert-OH is 1. The summed E-state index contributed by atoms with van der Waals surface area (Å²) in [5.74, 6) is 0.0380. The fourth-order valence-corrected chi connectivity index (χ4v) is 3.92. The van der Waals surface area contributed by atoms with E-state index in [0.29, 0.717) is 5.69 Å². The minimum Gasteiger partial charge on any atom is -0.386 e. The monoisotopic (exact) mass is 294 g/mol. The summed E-state index contributed by atoms with van der Waals surface area (Å²) in [6.07, 6.45) is 4.70. The molecular weight excluding hydrogens is 280 g/mol. The van der Waals surface area contributed by atoms with E-state index in [2.05, 4.69) is 32.0 Å². The third-order valence-electron chi connectivity index (χ3n) is 4.91. The maximum Gasteiger partial charge on any atom is 0.137 e. The molecule has 1 aromatic carbocycles. The molecule has 2 aromatic heterocycles. The molecule has 1 N–H and O–H groups in total. The van der Waals surface area contributed by atoms with E-state index >= 15 is 0 Å². The lowest BCUT2D eigenvalue weighted by atomic mass is 9.79. The lowest BCUT2D eigenvalue weighted by Crippen LogP contribution is -2.28. The first kappa shape index (κ1) is 12.1. The Balaban J connectivity index is 1.65. The second-order valence-electron chi connectivity index (χ2n) is 5.96. The maximum atomic E-state index is 10.8. The van der Waals surface area contributed by atoms with Crippen LogP contribution in [0.4, 0.5) is 0 Å². The summed E-state index contributed by atoms with van der Waals surface area (Å²) >= 11 is 0. The van der Waals surface area contributed by atoms with Crippen LogP contribution in [0.1, 0.15) is 35.5 Å². The van der Waals surface area contributed by atoms with E-state index in [9.17, 15) is 5.11 Å². The summed E-state index contributed by atoms with van der Waals surface area (Å²) in [7, 11) is 0. The molecule has 6 nitrogen and oxygen atoms in total. The molecule has 1 aliphatic carbocycles. The molecule has 3 atom stereocenters. The van der Waals surface area contributed by atoms with E-state index in [0.717, 1.165) is 24.2 Å². The van der Waals surface area contributed by atoms with Crippen molar-refractivity contribution < 1.29 is 9.74 Å². The van der Waals surface area contributed by atoms with E-state index < -0.39 is 6.10 Å². The summed E-state index contributed by atoms with van der Waals surface area (Å²) in [5, 5.41) is 18.5. The van der Waals surface area contributed by atoms with Crippen LogP contribution in [0.15, 0.2) is 41.4 Å². The molecule has 0 amide bonds. The van der Waals surface area contributed by atoms with Crippen LogP contribution in [0.25, 0.3) is 11.3 Å². The van der Waals surface area contributed by atoms with Crippen LogP contribution in [-0.4, -0.2) is 25.0 Å². The van der Waals surface area contributed by atoms with Crippen molar-refractivity contribution in [3.63, 3.8) is 0 Å². The van der Waals surface area contributed by atoms with Gasteiger partial charge in [-0.1, -0.05) is 34.6 Å². The van der Waals surface area contributed by atoms with Gasteiger partial charge in [-0.05, 0) is 18.4 Å². The highest BCUT2D eigenvalue weighted by Crippen LogP contribution is 2.49. The number of rotatable bonds is 1. The first-order valence-electron chi connectivity index (χ1n) is 7.45. The van der Waals surface area contributed by atoms with Gasteiger partial charge in [-0.25, -0.2) is 9.61 Å². The standard InChI is InChI=1S/C16H14N4O2/c21-16-11(5-6-12-14(16)19-22-18-12)15-10-4-2-1-3-9(10)13-7-17-8-20(13)15/h1-4,7-8,11,15-16,21H,5-6H2/t11-,15?,16+/m0/s1. The number of aryl methyl sites for hydroxylation is 1. The van der Waals surface area contributed by atoms with Gasteiger partial charge >= 0.3 is 0 Å². The van der Waals surface area contributed by atoms with Crippen molar-refractivity contribution in [2.24, 2.45) is 5.92 Å². The SMILES string of the molecule is O[C@H]1c2nonc2CC[C@H]1C1c2ccccc2-c2cncn21. The second-order valence-corrected chi connectivity index (χ2v) is 5.96. The zero-order valence-electron chi connectivity index (χ0n) is 11.8. The van der Waals surface area contributed by atoms with Gasteiger partial charge < -0.3 is 9.67 Å². The fraction of sp³-hybridized carbons (Fsp3) is 0.312. The van der Waals surface area contributed by atoms with E-state index in [1.54, 1.807) is 0 Å². The molecule has 110 valence electrons. The van der Waals surface area contributed by atoms with Gasteiger partial charge in [0, 0.05) is 11.5 Å². The molecule has 0 radical (unpaired) electrons. The largest absolute Gasteiger partial charge is 0.386 e. The van der Waals surface area contributed by atoms with Gasteiger partial charge in [0.25, 0.3) is 0 Å². The Morgan fingerprint density at radius 2 is 2.14 bits per heavy atom. The number of hydrogen-bond donors (Lipinski definition) is 1. The molecule has 22 heavy (non-hydrogen) atoms. The Kier molecular flexibility index (Phi) is 2.35. The molecule has 6 heteroatoms. The number of benzene rings is 1. The molecule has 0 bridgehead atoms.